The first-order chi connectivity index (χ1) is 5.66. The molecule has 3 nitrogen and oxygen atoms in total. The number of esters is 1. The lowest BCUT2D eigenvalue weighted by molar-refractivity contribution is 0.0594. The Bertz CT molecular complexity index is 296. The van der Waals surface area contributed by atoms with E-state index >= 15 is 0 Å². The van der Waals surface area contributed by atoms with E-state index in [-0.39, 0.29) is 10.6 Å². The van der Waals surface area contributed by atoms with E-state index in [9.17, 15) is 9.18 Å². The third-order valence-corrected chi connectivity index (χ3v) is 1.56. The van der Waals surface area contributed by atoms with Crippen molar-refractivity contribution in [2.75, 3.05) is 7.11 Å². The molecule has 12 heavy (non-hydrogen) atoms. The predicted molar refractivity (Wildman–Crippen MR) is 40.5 cm³/mol. The van der Waals surface area contributed by atoms with Crippen molar-refractivity contribution in [2.24, 2.45) is 0 Å². The van der Waals surface area contributed by atoms with Gasteiger partial charge in [0, 0.05) is 6.20 Å². The Hall–Kier alpha value is -1.16. The smallest absolute Gasteiger partial charge is 0.344 e. The maximum Gasteiger partial charge on any atom is 0.344 e. The van der Waals surface area contributed by atoms with Gasteiger partial charge in [0.25, 0.3) is 0 Å². The molecule has 1 heterocycles. The summed E-state index contributed by atoms with van der Waals surface area (Å²) >= 11 is 5.52. The van der Waals surface area contributed by atoms with Crippen LogP contribution in [0.2, 0.25) is 5.02 Å². The van der Waals surface area contributed by atoms with Gasteiger partial charge in [0.2, 0.25) is 5.95 Å². The van der Waals surface area contributed by atoms with Crippen LogP contribution in [0.1, 0.15) is 10.4 Å². The first kappa shape index (κ1) is 8.93. The molecule has 0 unspecified atom stereocenters. The molecule has 0 aliphatic heterocycles. The molecule has 0 amide bonds. The van der Waals surface area contributed by atoms with Crippen LogP contribution in [0.5, 0.6) is 0 Å². The zero-order chi connectivity index (χ0) is 9.14. The zero-order valence-electron chi connectivity index (χ0n) is 6.17. The summed E-state index contributed by atoms with van der Waals surface area (Å²) in [4.78, 5) is 14.1. The quantitative estimate of drug-likeness (QED) is 0.498. The number of pyridine rings is 1. The van der Waals surface area contributed by atoms with Crippen molar-refractivity contribution in [3.8, 4) is 0 Å². The van der Waals surface area contributed by atoms with Crippen molar-refractivity contribution in [3.05, 3.63) is 28.8 Å². The number of carbonyl (C=O) groups excluding carboxylic acids is 1. The summed E-state index contributed by atoms with van der Waals surface area (Å²) in [7, 11) is 1.14. The van der Waals surface area contributed by atoms with Gasteiger partial charge >= 0.3 is 5.97 Å². The minimum atomic E-state index is -0.922. The largest absolute Gasteiger partial charge is 0.465 e. The van der Waals surface area contributed by atoms with Crippen LogP contribution >= 0.6 is 11.6 Å². The molecule has 0 saturated heterocycles. The number of rotatable bonds is 1. The number of halogens is 2. The lowest BCUT2D eigenvalue weighted by atomic mass is 10.3. The van der Waals surface area contributed by atoms with Crippen LogP contribution in [0.3, 0.4) is 0 Å². The summed E-state index contributed by atoms with van der Waals surface area (Å²) in [6, 6.07) is 1.32. The van der Waals surface area contributed by atoms with Gasteiger partial charge in [-0.05, 0) is 6.07 Å². The Balaban J connectivity index is 3.21. The molecule has 1 aromatic heterocycles. The van der Waals surface area contributed by atoms with E-state index in [0.717, 1.165) is 7.11 Å². The Morgan fingerprint density at radius 2 is 2.42 bits per heavy atom. The highest BCUT2D eigenvalue weighted by atomic mass is 35.5. The lowest BCUT2D eigenvalue weighted by Crippen LogP contribution is -2.06. The molecule has 0 aliphatic rings. The van der Waals surface area contributed by atoms with Gasteiger partial charge in [-0.1, -0.05) is 11.6 Å². The molecule has 0 bridgehead atoms. The molecular formula is C7H5ClFNO2. The summed E-state index contributed by atoms with van der Waals surface area (Å²) < 4.78 is 17.1. The number of carbonyl (C=O) groups is 1. The second-order valence-electron chi connectivity index (χ2n) is 1.95. The molecule has 1 rings (SSSR count). The fourth-order valence-electron chi connectivity index (χ4n) is 0.698. The van der Waals surface area contributed by atoms with Gasteiger partial charge in [-0.15, -0.1) is 0 Å². The number of aromatic nitrogens is 1. The van der Waals surface area contributed by atoms with E-state index in [2.05, 4.69) is 9.72 Å². The zero-order valence-corrected chi connectivity index (χ0v) is 6.93. The highest BCUT2D eigenvalue weighted by molar-refractivity contribution is 6.33. The van der Waals surface area contributed by atoms with Gasteiger partial charge in [-0.25, -0.2) is 9.78 Å². The molecular weight excluding hydrogens is 185 g/mol. The van der Waals surface area contributed by atoms with Crippen molar-refractivity contribution >= 4 is 17.6 Å². The highest BCUT2D eigenvalue weighted by Gasteiger charge is 2.16. The van der Waals surface area contributed by atoms with Gasteiger partial charge in [-0.2, -0.15) is 4.39 Å². The normalized spacial score (nSPS) is 9.58. The van der Waals surface area contributed by atoms with E-state index in [1.807, 2.05) is 0 Å². The molecule has 0 N–H and O–H groups in total. The summed E-state index contributed by atoms with van der Waals surface area (Å²) in [5.41, 5.74) is -0.332. The second-order valence-corrected chi connectivity index (χ2v) is 2.36. The summed E-state index contributed by atoms with van der Waals surface area (Å²) in [5, 5.41) is -0.00523. The van der Waals surface area contributed by atoms with Gasteiger partial charge < -0.3 is 4.74 Å². The Labute approximate surface area is 73.1 Å². The number of nitrogens with zero attached hydrogens (tertiary/aromatic N) is 1. The average Bonchev–Trinajstić information content (AvgIpc) is 2.03. The molecule has 64 valence electrons. The Morgan fingerprint density at radius 3 is 2.92 bits per heavy atom. The Kier molecular flexibility index (Phi) is 2.60. The van der Waals surface area contributed by atoms with Crippen LogP contribution in [-0.4, -0.2) is 18.1 Å². The van der Waals surface area contributed by atoms with Gasteiger partial charge in [0.15, 0.2) is 0 Å². The summed E-state index contributed by atoms with van der Waals surface area (Å²) in [5.74, 6) is -1.75. The number of methoxy groups -OCH3 is 1. The van der Waals surface area contributed by atoms with Crippen LogP contribution in [-0.2, 0) is 4.74 Å². The van der Waals surface area contributed by atoms with Crippen molar-refractivity contribution in [1.29, 1.82) is 0 Å². The highest BCUT2D eigenvalue weighted by Crippen LogP contribution is 2.17. The average molecular weight is 190 g/mol. The molecule has 1 aromatic rings. The minimum absolute atomic E-state index is 0.00523. The fraction of sp³-hybridized carbons (Fsp3) is 0.143. The SMILES string of the molecule is COC(=O)c1c(Cl)ccnc1F. The molecule has 0 radical (unpaired) electrons. The summed E-state index contributed by atoms with van der Waals surface area (Å²) in [6.45, 7) is 0. The molecule has 5 heteroatoms. The molecule has 0 fully saturated rings. The molecule has 0 aliphatic carbocycles. The van der Waals surface area contributed by atoms with Gasteiger partial charge in [0.05, 0.1) is 12.1 Å². The molecule has 0 saturated carbocycles. The minimum Gasteiger partial charge on any atom is -0.465 e. The number of hydrogen-bond acceptors (Lipinski definition) is 3. The topological polar surface area (TPSA) is 39.2 Å². The maximum absolute atomic E-state index is 12.8. The lowest BCUT2D eigenvalue weighted by Gasteiger charge is -2.00. The van der Waals surface area contributed by atoms with Crippen LogP contribution in [0.25, 0.3) is 0 Å². The fourth-order valence-corrected chi connectivity index (χ4v) is 0.910. The summed E-state index contributed by atoms with van der Waals surface area (Å²) in [6.07, 6.45) is 1.17. The van der Waals surface area contributed by atoms with E-state index < -0.39 is 11.9 Å². The Morgan fingerprint density at radius 1 is 1.75 bits per heavy atom. The van der Waals surface area contributed by atoms with Crippen LogP contribution in [0.4, 0.5) is 4.39 Å². The van der Waals surface area contributed by atoms with Crippen molar-refractivity contribution in [2.45, 2.75) is 0 Å². The van der Waals surface area contributed by atoms with Gasteiger partial charge in [0.1, 0.15) is 5.56 Å². The van der Waals surface area contributed by atoms with Crippen molar-refractivity contribution in [3.63, 3.8) is 0 Å². The van der Waals surface area contributed by atoms with Crippen LogP contribution in [0.15, 0.2) is 12.3 Å². The molecule has 0 atom stereocenters. The molecule has 0 aromatic carbocycles. The van der Waals surface area contributed by atoms with E-state index in [4.69, 9.17) is 11.6 Å². The second kappa shape index (κ2) is 3.49. The number of hydrogen-bond donors (Lipinski definition) is 0. The first-order valence-corrected chi connectivity index (χ1v) is 3.43. The number of ether oxygens (including phenoxy) is 1. The van der Waals surface area contributed by atoms with Gasteiger partial charge in [-0.3, -0.25) is 0 Å². The monoisotopic (exact) mass is 189 g/mol. The first-order valence-electron chi connectivity index (χ1n) is 3.05. The third kappa shape index (κ3) is 1.53. The van der Waals surface area contributed by atoms with Crippen molar-refractivity contribution in [1.82, 2.24) is 4.98 Å². The molecule has 0 spiro atoms. The van der Waals surface area contributed by atoms with Crippen LogP contribution in [0, 0.1) is 5.95 Å². The predicted octanol–water partition coefficient (Wildman–Crippen LogP) is 1.66. The van der Waals surface area contributed by atoms with Crippen molar-refractivity contribution < 1.29 is 13.9 Å². The van der Waals surface area contributed by atoms with E-state index in [0.29, 0.717) is 0 Å². The third-order valence-electron chi connectivity index (χ3n) is 1.24. The van der Waals surface area contributed by atoms with Crippen LogP contribution < -0.4 is 0 Å². The standard InChI is InChI=1S/C7H5ClFNO2/c1-12-7(11)5-4(8)2-3-10-6(5)9/h2-3H,1H3. The van der Waals surface area contributed by atoms with E-state index in [1.54, 1.807) is 0 Å². The van der Waals surface area contributed by atoms with E-state index in [1.165, 1.54) is 12.3 Å². The maximum atomic E-state index is 12.8.